The second kappa shape index (κ2) is 10.2. The van der Waals surface area contributed by atoms with Gasteiger partial charge in [-0.25, -0.2) is 4.98 Å². The van der Waals surface area contributed by atoms with Gasteiger partial charge in [0.05, 0.1) is 17.6 Å². The van der Waals surface area contributed by atoms with Gasteiger partial charge in [0, 0.05) is 31.7 Å². The van der Waals surface area contributed by atoms with Crippen molar-refractivity contribution in [2.75, 3.05) is 19.6 Å². The highest BCUT2D eigenvalue weighted by molar-refractivity contribution is 5.97. The molecule has 4 aromatic rings. The number of hydrogen-bond donors (Lipinski definition) is 1. The van der Waals surface area contributed by atoms with Crippen LogP contribution in [-0.4, -0.2) is 40.0 Å². The van der Waals surface area contributed by atoms with E-state index in [2.05, 4.69) is 39.5 Å². The van der Waals surface area contributed by atoms with Gasteiger partial charge in [-0.1, -0.05) is 54.6 Å². The maximum atomic E-state index is 12.8. The summed E-state index contributed by atoms with van der Waals surface area (Å²) in [6, 6.07) is 23.9. The van der Waals surface area contributed by atoms with Gasteiger partial charge in [0.1, 0.15) is 5.69 Å². The molecule has 1 aromatic heterocycles. The Morgan fingerprint density at radius 2 is 1.77 bits per heavy atom. The van der Waals surface area contributed by atoms with Crippen LogP contribution < -0.4 is 10.9 Å². The number of carbonyl (C=O) groups is 1. The van der Waals surface area contributed by atoms with Crippen LogP contribution in [0.3, 0.4) is 0 Å². The highest BCUT2D eigenvalue weighted by Gasteiger charge is 2.16. The molecule has 5 rings (SSSR count). The fraction of sp³-hybridized carbons (Fsp3) is 0.276. The maximum Gasteiger partial charge on any atom is 0.272 e. The Kier molecular flexibility index (Phi) is 6.73. The van der Waals surface area contributed by atoms with Crippen LogP contribution in [0.2, 0.25) is 0 Å². The Labute approximate surface area is 205 Å². The lowest BCUT2D eigenvalue weighted by Gasteiger charge is -2.28. The first-order valence-electron chi connectivity index (χ1n) is 12.2. The van der Waals surface area contributed by atoms with E-state index in [9.17, 15) is 9.59 Å². The summed E-state index contributed by atoms with van der Waals surface area (Å²) in [6.45, 7) is 5.80. The summed E-state index contributed by atoms with van der Waals surface area (Å²) in [4.78, 5) is 32.5. The van der Waals surface area contributed by atoms with Crippen LogP contribution in [0.25, 0.3) is 11.0 Å². The lowest BCUT2D eigenvalue weighted by molar-refractivity contribution is 0.0951. The van der Waals surface area contributed by atoms with Gasteiger partial charge in [0.15, 0.2) is 0 Å². The molecule has 0 fully saturated rings. The number of nitrogens with one attached hydrogen (secondary N) is 1. The van der Waals surface area contributed by atoms with E-state index in [1.165, 1.54) is 11.1 Å². The molecule has 1 N–H and O–H groups in total. The molecule has 178 valence electrons. The molecule has 35 heavy (non-hydrogen) atoms. The Balaban J connectivity index is 1.22. The molecule has 0 atom stereocenters. The average Bonchev–Trinajstić information content (AvgIpc) is 2.89. The average molecular weight is 467 g/mol. The summed E-state index contributed by atoms with van der Waals surface area (Å²) in [5.41, 5.74) is 6.15. The number of nitrogens with zero attached hydrogens (tertiary/aromatic N) is 3. The number of aromatic nitrogens is 2. The van der Waals surface area contributed by atoms with Crippen LogP contribution in [0.15, 0.2) is 77.6 Å². The van der Waals surface area contributed by atoms with E-state index >= 15 is 0 Å². The standard InChI is InChI=1S/C29H30N4O2/c1-21-29(35)33(19-22-8-3-2-4-9-22)27-13-12-24(18-26(27)31-21)28(34)30-15-7-16-32-17-14-23-10-5-6-11-25(23)20-32/h2-6,8-13,18H,7,14-17,19-20H2,1H3,(H,30,34). The van der Waals surface area contributed by atoms with Crippen molar-refractivity contribution in [2.24, 2.45) is 0 Å². The molecule has 6 heteroatoms. The molecule has 1 aliphatic rings. The molecule has 0 saturated carbocycles. The van der Waals surface area contributed by atoms with Crippen molar-refractivity contribution >= 4 is 16.9 Å². The predicted octanol–water partition coefficient (Wildman–Crippen LogP) is 3.93. The van der Waals surface area contributed by atoms with E-state index in [4.69, 9.17) is 0 Å². The molecule has 2 heterocycles. The third-order valence-corrected chi connectivity index (χ3v) is 6.70. The van der Waals surface area contributed by atoms with Gasteiger partial charge >= 0.3 is 0 Å². The van der Waals surface area contributed by atoms with Gasteiger partial charge in [-0.2, -0.15) is 0 Å². The summed E-state index contributed by atoms with van der Waals surface area (Å²) in [5.74, 6) is -0.115. The van der Waals surface area contributed by atoms with E-state index in [0.717, 1.165) is 43.6 Å². The zero-order valence-electron chi connectivity index (χ0n) is 20.0. The molecule has 0 saturated heterocycles. The van der Waals surface area contributed by atoms with Crippen LogP contribution in [0.1, 0.15) is 39.2 Å². The smallest absolute Gasteiger partial charge is 0.272 e. The predicted molar refractivity (Wildman–Crippen MR) is 139 cm³/mol. The molecule has 1 amide bonds. The minimum absolute atomic E-state index is 0.112. The van der Waals surface area contributed by atoms with E-state index in [1.807, 2.05) is 36.4 Å². The van der Waals surface area contributed by atoms with Crippen molar-refractivity contribution in [1.82, 2.24) is 19.8 Å². The lowest BCUT2D eigenvalue weighted by Crippen LogP contribution is -2.33. The Bertz CT molecular complexity index is 1410. The normalized spacial score (nSPS) is 13.5. The van der Waals surface area contributed by atoms with E-state index in [0.29, 0.717) is 29.9 Å². The number of hydrogen-bond acceptors (Lipinski definition) is 4. The van der Waals surface area contributed by atoms with Crippen molar-refractivity contribution in [3.63, 3.8) is 0 Å². The Morgan fingerprint density at radius 3 is 2.60 bits per heavy atom. The minimum Gasteiger partial charge on any atom is -0.352 e. The number of benzene rings is 3. The van der Waals surface area contributed by atoms with Crippen LogP contribution in [-0.2, 0) is 19.5 Å². The van der Waals surface area contributed by atoms with Crippen LogP contribution in [0, 0.1) is 6.92 Å². The molecule has 3 aromatic carbocycles. The molecule has 6 nitrogen and oxygen atoms in total. The van der Waals surface area contributed by atoms with E-state index < -0.39 is 0 Å². The highest BCUT2D eigenvalue weighted by atomic mass is 16.1. The summed E-state index contributed by atoms with van der Waals surface area (Å²) in [7, 11) is 0. The Hall–Kier alpha value is -3.77. The number of amides is 1. The number of carbonyl (C=O) groups excluding carboxylic acids is 1. The number of fused-ring (bicyclic) bond motifs is 2. The first-order chi connectivity index (χ1) is 17.1. The molecular formula is C29H30N4O2. The van der Waals surface area contributed by atoms with Gasteiger partial charge in [-0.05, 0) is 54.7 Å². The van der Waals surface area contributed by atoms with Crippen molar-refractivity contribution in [3.8, 4) is 0 Å². The van der Waals surface area contributed by atoms with Crippen molar-refractivity contribution < 1.29 is 4.79 Å². The highest BCUT2D eigenvalue weighted by Crippen LogP contribution is 2.18. The summed E-state index contributed by atoms with van der Waals surface area (Å²) in [5, 5.41) is 3.04. The van der Waals surface area contributed by atoms with Gasteiger partial charge in [-0.15, -0.1) is 0 Å². The SMILES string of the molecule is Cc1nc2cc(C(=O)NCCCN3CCc4ccccc4C3)ccc2n(Cc2ccccc2)c1=O. The van der Waals surface area contributed by atoms with Gasteiger partial charge in [-0.3, -0.25) is 14.5 Å². The maximum absolute atomic E-state index is 12.8. The van der Waals surface area contributed by atoms with Crippen LogP contribution in [0.4, 0.5) is 0 Å². The monoisotopic (exact) mass is 466 g/mol. The third-order valence-electron chi connectivity index (χ3n) is 6.70. The second-order valence-corrected chi connectivity index (χ2v) is 9.18. The van der Waals surface area contributed by atoms with Crippen molar-refractivity contribution in [2.45, 2.75) is 32.9 Å². The summed E-state index contributed by atoms with van der Waals surface area (Å²) in [6.07, 6.45) is 1.98. The van der Waals surface area contributed by atoms with Crippen LogP contribution in [0.5, 0.6) is 0 Å². The van der Waals surface area contributed by atoms with Crippen molar-refractivity contribution in [1.29, 1.82) is 0 Å². The van der Waals surface area contributed by atoms with Crippen molar-refractivity contribution in [3.05, 3.63) is 111 Å². The van der Waals surface area contributed by atoms with Gasteiger partial charge < -0.3 is 9.88 Å². The second-order valence-electron chi connectivity index (χ2n) is 9.18. The topological polar surface area (TPSA) is 67.2 Å². The molecule has 0 unspecified atom stereocenters. The molecule has 0 bridgehead atoms. The summed E-state index contributed by atoms with van der Waals surface area (Å²) < 4.78 is 1.73. The largest absolute Gasteiger partial charge is 0.352 e. The fourth-order valence-corrected chi connectivity index (χ4v) is 4.79. The third kappa shape index (κ3) is 5.17. The zero-order valence-corrected chi connectivity index (χ0v) is 20.0. The van der Waals surface area contributed by atoms with E-state index in [1.54, 1.807) is 23.6 Å². The Morgan fingerprint density at radius 1 is 1.00 bits per heavy atom. The van der Waals surface area contributed by atoms with E-state index in [-0.39, 0.29) is 11.5 Å². The molecule has 0 aliphatic carbocycles. The fourth-order valence-electron chi connectivity index (χ4n) is 4.79. The minimum atomic E-state index is -0.115. The number of rotatable bonds is 7. The molecule has 0 radical (unpaired) electrons. The summed E-state index contributed by atoms with van der Waals surface area (Å²) >= 11 is 0. The quantitative estimate of drug-likeness (QED) is 0.419. The molecular weight excluding hydrogens is 436 g/mol. The number of aryl methyl sites for hydroxylation is 1. The first-order valence-corrected chi connectivity index (χ1v) is 12.2. The van der Waals surface area contributed by atoms with Gasteiger partial charge in [0.2, 0.25) is 0 Å². The van der Waals surface area contributed by atoms with Crippen LogP contribution >= 0.6 is 0 Å². The molecule has 0 spiro atoms. The lowest BCUT2D eigenvalue weighted by atomic mass is 10.00. The molecule has 1 aliphatic heterocycles. The zero-order chi connectivity index (χ0) is 24.2. The van der Waals surface area contributed by atoms with Gasteiger partial charge in [0.25, 0.3) is 11.5 Å². The first kappa shape index (κ1) is 23.0.